The quantitative estimate of drug-likeness (QED) is 0.464. The molecule has 0 fully saturated rings. The Morgan fingerprint density at radius 2 is 2.08 bits per heavy atom. The minimum Gasteiger partial charge on any atom is -0.277 e. The lowest BCUT2D eigenvalue weighted by atomic mass is 10.0. The highest BCUT2D eigenvalue weighted by Gasteiger charge is 2.06. The van der Waals surface area contributed by atoms with Crippen molar-refractivity contribution < 1.29 is 4.79 Å². The van der Waals surface area contributed by atoms with E-state index < -0.39 is 5.78 Å². The van der Waals surface area contributed by atoms with E-state index in [1.807, 2.05) is 26.0 Å². The van der Waals surface area contributed by atoms with Gasteiger partial charge in [0.1, 0.15) is 6.07 Å². The summed E-state index contributed by atoms with van der Waals surface area (Å²) >= 11 is 0. The van der Waals surface area contributed by atoms with Crippen LogP contribution in [-0.2, 0) is 0 Å². The second-order valence-electron chi connectivity index (χ2n) is 2.76. The second-order valence-corrected chi connectivity index (χ2v) is 2.76. The summed E-state index contributed by atoms with van der Waals surface area (Å²) in [6.45, 7) is 3.72. The highest BCUT2D eigenvalue weighted by atomic mass is 16.1. The van der Waals surface area contributed by atoms with Crippen LogP contribution < -0.4 is 0 Å². The molecule has 1 rings (SSSR count). The largest absolute Gasteiger partial charge is 0.277 e. The lowest BCUT2D eigenvalue weighted by Crippen LogP contribution is -1.98. The van der Waals surface area contributed by atoms with Crippen LogP contribution in [0.15, 0.2) is 18.2 Å². The third-order valence-corrected chi connectivity index (χ3v) is 1.74. The van der Waals surface area contributed by atoms with Crippen LogP contribution >= 0.6 is 0 Å². The molecule has 0 N–H and O–H groups in total. The van der Waals surface area contributed by atoms with Crippen LogP contribution in [0.25, 0.3) is 0 Å². The van der Waals surface area contributed by atoms with Gasteiger partial charge in [-0.15, -0.1) is 0 Å². The van der Waals surface area contributed by atoms with Crippen molar-refractivity contribution in [3.63, 3.8) is 0 Å². The number of hydrogen-bond acceptors (Lipinski definition) is 2. The SMILES string of the molecule is Cc1ccc(C)c(C(=O)C#N)c1. The Morgan fingerprint density at radius 3 is 2.67 bits per heavy atom. The van der Waals surface area contributed by atoms with Gasteiger partial charge in [-0.3, -0.25) is 4.79 Å². The minimum atomic E-state index is -0.462. The molecular formula is C10H9NO. The zero-order chi connectivity index (χ0) is 9.14. The Kier molecular flexibility index (Phi) is 2.25. The van der Waals surface area contributed by atoms with Crippen molar-refractivity contribution in [1.82, 2.24) is 0 Å². The number of nitriles is 1. The summed E-state index contributed by atoms with van der Waals surface area (Å²) in [4.78, 5) is 11.0. The zero-order valence-corrected chi connectivity index (χ0v) is 7.09. The van der Waals surface area contributed by atoms with Crippen LogP contribution in [0.4, 0.5) is 0 Å². The molecule has 60 valence electrons. The third kappa shape index (κ3) is 1.51. The van der Waals surface area contributed by atoms with E-state index in [2.05, 4.69) is 0 Å². The lowest BCUT2D eigenvalue weighted by Gasteiger charge is -2.00. The lowest BCUT2D eigenvalue weighted by molar-refractivity contribution is 0.105. The fraction of sp³-hybridized carbons (Fsp3) is 0.200. The maximum atomic E-state index is 11.0. The Bertz CT molecular complexity index is 361. The van der Waals surface area contributed by atoms with Crippen LogP contribution in [0.3, 0.4) is 0 Å². The molecule has 0 heterocycles. The molecule has 0 unspecified atom stereocenters. The molecule has 0 aliphatic heterocycles. The Labute approximate surface area is 71.4 Å². The first kappa shape index (κ1) is 8.48. The highest BCUT2D eigenvalue weighted by molar-refractivity contribution is 6.08. The minimum absolute atomic E-state index is 0.462. The van der Waals surface area contributed by atoms with Gasteiger partial charge in [0.25, 0.3) is 5.78 Å². The zero-order valence-electron chi connectivity index (χ0n) is 7.09. The number of carbonyl (C=O) groups is 1. The molecule has 0 bridgehead atoms. The number of nitrogens with zero attached hydrogens (tertiary/aromatic N) is 1. The molecule has 12 heavy (non-hydrogen) atoms. The molecule has 0 aliphatic carbocycles. The Hall–Kier alpha value is -1.62. The smallest absolute Gasteiger partial charge is 0.262 e. The van der Waals surface area contributed by atoms with Crippen molar-refractivity contribution >= 4 is 5.78 Å². The molecule has 2 nitrogen and oxygen atoms in total. The first-order valence-electron chi connectivity index (χ1n) is 3.67. The van der Waals surface area contributed by atoms with Crippen LogP contribution in [0.5, 0.6) is 0 Å². The predicted octanol–water partition coefficient (Wildman–Crippen LogP) is 2.01. The number of ketones is 1. The van der Waals surface area contributed by atoms with Crippen molar-refractivity contribution in [2.75, 3.05) is 0 Å². The Morgan fingerprint density at radius 1 is 1.42 bits per heavy atom. The van der Waals surface area contributed by atoms with Crippen molar-refractivity contribution in [2.24, 2.45) is 0 Å². The molecule has 1 aromatic carbocycles. The number of rotatable bonds is 1. The van der Waals surface area contributed by atoms with E-state index in [9.17, 15) is 4.79 Å². The van der Waals surface area contributed by atoms with Gasteiger partial charge in [-0.25, -0.2) is 0 Å². The molecule has 0 aliphatic rings. The van der Waals surface area contributed by atoms with Gasteiger partial charge < -0.3 is 0 Å². The fourth-order valence-electron chi connectivity index (χ4n) is 1.04. The topological polar surface area (TPSA) is 40.9 Å². The van der Waals surface area contributed by atoms with Crippen molar-refractivity contribution in [3.8, 4) is 6.07 Å². The molecule has 2 heteroatoms. The van der Waals surface area contributed by atoms with E-state index in [0.29, 0.717) is 5.56 Å². The third-order valence-electron chi connectivity index (χ3n) is 1.74. The highest BCUT2D eigenvalue weighted by Crippen LogP contribution is 2.10. The summed E-state index contributed by atoms with van der Waals surface area (Å²) in [6.07, 6.45) is 0. The molecule has 1 aromatic rings. The maximum absolute atomic E-state index is 11.0. The molecule has 0 saturated carbocycles. The standard InChI is InChI=1S/C10H9NO/c1-7-3-4-8(2)9(5-7)10(12)6-11/h3-5H,1-2H3. The number of aryl methyl sites for hydroxylation is 2. The average molecular weight is 159 g/mol. The molecule has 0 spiro atoms. The van der Waals surface area contributed by atoms with Crippen molar-refractivity contribution in [2.45, 2.75) is 13.8 Å². The number of Topliss-reactive ketones (excluding diaryl/α,β-unsaturated/α-hetero) is 1. The van der Waals surface area contributed by atoms with E-state index >= 15 is 0 Å². The van der Waals surface area contributed by atoms with E-state index in [-0.39, 0.29) is 0 Å². The number of carbonyl (C=O) groups excluding carboxylic acids is 1. The van der Waals surface area contributed by atoms with Gasteiger partial charge in [0.15, 0.2) is 0 Å². The number of hydrogen-bond donors (Lipinski definition) is 0. The first-order valence-corrected chi connectivity index (χ1v) is 3.67. The summed E-state index contributed by atoms with van der Waals surface area (Å²) in [5, 5.41) is 8.40. The second kappa shape index (κ2) is 3.19. The molecule has 0 aromatic heterocycles. The Balaban J connectivity index is 3.25. The van der Waals surface area contributed by atoms with Gasteiger partial charge >= 0.3 is 0 Å². The van der Waals surface area contributed by atoms with Gasteiger partial charge in [-0.05, 0) is 25.5 Å². The molecule has 0 amide bonds. The summed E-state index contributed by atoms with van der Waals surface area (Å²) in [5.41, 5.74) is 2.36. The summed E-state index contributed by atoms with van der Waals surface area (Å²) in [5.74, 6) is -0.462. The molecule has 0 saturated heterocycles. The summed E-state index contributed by atoms with van der Waals surface area (Å²) in [7, 11) is 0. The van der Waals surface area contributed by atoms with Gasteiger partial charge in [-0.1, -0.05) is 17.7 Å². The van der Waals surface area contributed by atoms with Crippen LogP contribution in [0.2, 0.25) is 0 Å². The van der Waals surface area contributed by atoms with Crippen molar-refractivity contribution in [3.05, 3.63) is 34.9 Å². The van der Waals surface area contributed by atoms with Crippen LogP contribution in [-0.4, -0.2) is 5.78 Å². The van der Waals surface area contributed by atoms with Crippen LogP contribution in [0, 0.1) is 25.2 Å². The number of benzene rings is 1. The van der Waals surface area contributed by atoms with Gasteiger partial charge in [-0.2, -0.15) is 5.26 Å². The van der Waals surface area contributed by atoms with Gasteiger partial charge in [0.05, 0.1) is 0 Å². The van der Waals surface area contributed by atoms with E-state index in [1.54, 1.807) is 12.1 Å². The summed E-state index contributed by atoms with van der Waals surface area (Å²) < 4.78 is 0. The van der Waals surface area contributed by atoms with Gasteiger partial charge in [0.2, 0.25) is 0 Å². The predicted molar refractivity (Wildman–Crippen MR) is 45.9 cm³/mol. The van der Waals surface area contributed by atoms with Gasteiger partial charge in [0, 0.05) is 5.56 Å². The molecule has 0 atom stereocenters. The summed E-state index contributed by atoms with van der Waals surface area (Å²) in [6, 6.07) is 7.11. The average Bonchev–Trinajstić information content (AvgIpc) is 2.08. The van der Waals surface area contributed by atoms with Crippen molar-refractivity contribution in [1.29, 1.82) is 5.26 Å². The normalized spacial score (nSPS) is 9.08. The molecular weight excluding hydrogens is 150 g/mol. The monoisotopic (exact) mass is 159 g/mol. The van der Waals surface area contributed by atoms with E-state index in [1.165, 1.54) is 0 Å². The van der Waals surface area contributed by atoms with E-state index in [4.69, 9.17) is 5.26 Å². The van der Waals surface area contributed by atoms with E-state index in [0.717, 1.165) is 11.1 Å². The van der Waals surface area contributed by atoms with Crippen LogP contribution in [0.1, 0.15) is 21.5 Å². The fourth-order valence-corrected chi connectivity index (χ4v) is 1.04. The first-order chi connectivity index (χ1) is 5.65. The molecule has 0 radical (unpaired) electrons. The maximum Gasteiger partial charge on any atom is 0.262 e.